The Morgan fingerprint density at radius 3 is 1.32 bits per heavy atom. The Bertz CT molecular complexity index is 1820. The molecule has 0 fully saturated rings. The van der Waals surface area contributed by atoms with Gasteiger partial charge in [-0.3, -0.25) is 0 Å². The van der Waals surface area contributed by atoms with Crippen molar-refractivity contribution in [2.45, 2.75) is 13.8 Å². The molecule has 0 aromatic heterocycles. The Kier molecular flexibility index (Phi) is 5.52. The highest BCUT2D eigenvalue weighted by atomic mass is 28.2. The number of rotatable bonds is 0. The molecule has 2 aliphatic rings. The van der Waals surface area contributed by atoms with Crippen LogP contribution in [0.2, 0.25) is 0 Å². The molecule has 4 radical (unpaired) electrons. The second-order valence-corrected chi connectivity index (χ2v) is 12.3. The summed E-state index contributed by atoms with van der Waals surface area (Å²) in [5.41, 5.74) is 7.04. The van der Waals surface area contributed by atoms with Crippen LogP contribution in [0, 0.1) is 23.7 Å². The predicted octanol–water partition coefficient (Wildman–Crippen LogP) is 6.24. The van der Waals surface area contributed by atoms with Gasteiger partial charge >= 0.3 is 0 Å². The fraction of sp³-hybridized carbons (Fsp3) is 0.0556. The first-order valence-corrected chi connectivity index (χ1v) is 14.8. The van der Waals surface area contributed by atoms with Gasteiger partial charge in [-0.25, -0.2) is 0 Å². The van der Waals surface area contributed by atoms with Gasteiger partial charge in [-0.05, 0) is 103 Å². The molecule has 0 N–H and O–H groups in total. The van der Waals surface area contributed by atoms with Crippen LogP contribution in [0.15, 0.2) is 108 Å². The maximum absolute atomic E-state index is 3.44. The quantitative estimate of drug-likeness (QED) is 0.171. The van der Waals surface area contributed by atoms with Crippen molar-refractivity contribution in [1.29, 1.82) is 0 Å². The summed E-state index contributed by atoms with van der Waals surface area (Å²) in [7, 11) is 1.34. The molecule has 38 heavy (non-hydrogen) atoms. The second-order valence-electron chi connectivity index (χ2n) is 9.75. The minimum atomic E-state index is 0.669. The zero-order valence-electron chi connectivity index (χ0n) is 21.2. The summed E-state index contributed by atoms with van der Waals surface area (Å²) in [4.78, 5) is 0. The fourth-order valence-corrected chi connectivity index (χ4v) is 8.29. The van der Waals surface area contributed by atoms with Crippen LogP contribution in [0.5, 0.6) is 0 Å². The number of hydrogen-bond donors (Lipinski definition) is 0. The van der Waals surface area contributed by atoms with Gasteiger partial charge in [-0.1, -0.05) is 96.5 Å². The maximum Gasteiger partial charge on any atom is 0.124 e. The average molecular weight is 511 g/mol. The van der Waals surface area contributed by atoms with E-state index in [1.165, 1.54) is 53.4 Å². The van der Waals surface area contributed by atoms with Crippen molar-refractivity contribution in [2.75, 3.05) is 0 Å². The van der Waals surface area contributed by atoms with Crippen LogP contribution >= 0.6 is 0 Å². The summed E-state index contributed by atoms with van der Waals surface area (Å²) in [6.07, 6.45) is 0. The number of hydrogen-bond acceptors (Lipinski definition) is 0. The molecule has 2 heterocycles. The molecule has 0 atom stereocenters. The summed E-state index contributed by atoms with van der Waals surface area (Å²) in [5, 5.41) is 11.1. The van der Waals surface area contributed by atoms with Crippen molar-refractivity contribution in [3.8, 4) is 23.7 Å². The van der Waals surface area contributed by atoms with Gasteiger partial charge in [-0.2, -0.15) is 0 Å². The normalized spacial score (nSPS) is 15.6. The van der Waals surface area contributed by atoms with Crippen LogP contribution in [0.25, 0.3) is 31.9 Å². The number of benzene rings is 5. The predicted molar refractivity (Wildman–Crippen MR) is 164 cm³/mol. The van der Waals surface area contributed by atoms with E-state index in [1.54, 1.807) is 0 Å². The lowest BCUT2D eigenvalue weighted by molar-refractivity contribution is 1.56. The standard InChI is InChI=1S/C36H22Si2/c1-23(35-29-11-3-7-27-9-5-13-31(37-35)33(27)29)15-17-25-19-21-26(22-20-25)18-16-24(2)36-30-12-4-8-28-10-6-14-32(38-36)34(28)30/h3-14,19-22H,1-2H3/b35-23-,36-24+. The molecule has 5 aromatic carbocycles. The van der Waals surface area contributed by atoms with E-state index in [0.29, 0.717) is 19.0 Å². The van der Waals surface area contributed by atoms with Crippen LogP contribution in [0.1, 0.15) is 36.1 Å². The molecule has 0 unspecified atom stereocenters. The van der Waals surface area contributed by atoms with Crippen molar-refractivity contribution in [2.24, 2.45) is 0 Å². The van der Waals surface area contributed by atoms with Crippen molar-refractivity contribution < 1.29 is 0 Å². The molecule has 0 saturated carbocycles. The largest absolute Gasteiger partial charge is 0.124 e. The summed E-state index contributed by atoms with van der Waals surface area (Å²) in [5.74, 6) is 13.6. The van der Waals surface area contributed by atoms with Crippen molar-refractivity contribution in [1.82, 2.24) is 0 Å². The monoisotopic (exact) mass is 510 g/mol. The van der Waals surface area contributed by atoms with Gasteiger partial charge in [-0.15, -0.1) is 0 Å². The van der Waals surface area contributed by atoms with Gasteiger partial charge in [0.1, 0.15) is 19.0 Å². The first kappa shape index (κ1) is 22.8. The molecule has 5 aromatic rings. The SMILES string of the molecule is C/C(C#Cc1ccc(C#C/C(C)=C2/[Si]c3cccc4cccc2c34)cc1)=C1/[Si]c2cccc3cccc1c23. The Morgan fingerprint density at radius 1 is 0.500 bits per heavy atom. The molecule has 2 heteroatoms. The van der Waals surface area contributed by atoms with E-state index in [2.05, 4.69) is 135 Å². The van der Waals surface area contributed by atoms with Gasteiger partial charge in [0, 0.05) is 11.1 Å². The summed E-state index contributed by atoms with van der Waals surface area (Å²) < 4.78 is 0. The second kappa shape index (κ2) is 9.19. The van der Waals surface area contributed by atoms with Crippen LogP contribution in [-0.2, 0) is 0 Å². The van der Waals surface area contributed by atoms with E-state index in [0.717, 1.165) is 22.3 Å². The van der Waals surface area contributed by atoms with Crippen molar-refractivity contribution >= 4 is 61.4 Å². The molecule has 0 saturated heterocycles. The smallest absolute Gasteiger partial charge is 0.0665 e. The lowest BCUT2D eigenvalue weighted by Gasteiger charge is -2.03. The number of allylic oxidation sites excluding steroid dienone is 2. The van der Waals surface area contributed by atoms with Crippen LogP contribution in [0.4, 0.5) is 0 Å². The lowest BCUT2D eigenvalue weighted by Crippen LogP contribution is -2.09. The van der Waals surface area contributed by atoms with Crippen LogP contribution < -0.4 is 10.4 Å². The van der Waals surface area contributed by atoms with E-state index in [4.69, 9.17) is 0 Å². The third kappa shape index (κ3) is 3.87. The molecule has 0 amide bonds. The zero-order chi connectivity index (χ0) is 25.6. The Morgan fingerprint density at radius 2 is 0.895 bits per heavy atom. The lowest BCUT2D eigenvalue weighted by atomic mass is 10.0. The molecule has 174 valence electrons. The van der Waals surface area contributed by atoms with Gasteiger partial charge < -0.3 is 0 Å². The van der Waals surface area contributed by atoms with Gasteiger partial charge in [0.2, 0.25) is 0 Å². The Balaban J connectivity index is 1.13. The summed E-state index contributed by atoms with van der Waals surface area (Å²) in [6.45, 7) is 4.30. The molecule has 2 aliphatic heterocycles. The van der Waals surface area contributed by atoms with Gasteiger partial charge in [0.25, 0.3) is 0 Å². The maximum atomic E-state index is 3.44. The molecular weight excluding hydrogens is 489 g/mol. The zero-order valence-corrected chi connectivity index (χ0v) is 23.2. The third-order valence-corrected chi connectivity index (χ3v) is 10.5. The van der Waals surface area contributed by atoms with Gasteiger partial charge in [0.15, 0.2) is 0 Å². The molecule has 0 nitrogen and oxygen atoms in total. The van der Waals surface area contributed by atoms with Crippen LogP contribution in [0.3, 0.4) is 0 Å². The van der Waals surface area contributed by atoms with E-state index < -0.39 is 0 Å². The molecular formula is C36H22Si2. The first-order valence-electron chi connectivity index (χ1n) is 12.8. The average Bonchev–Trinajstić information content (AvgIpc) is 3.53. The van der Waals surface area contributed by atoms with E-state index >= 15 is 0 Å². The van der Waals surface area contributed by atoms with Crippen molar-refractivity contribution in [3.63, 3.8) is 0 Å². The molecule has 7 rings (SSSR count). The summed E-state index contributed by atoms with van der Waals surface area (Å²) in [6, 6.07) is 34.7. The van der Waals surface area contributed by atoms with Crippen molar-refractivity contribution in [3.05, 3.63) is 130 Å². The van der Waals surface area contributed by atoms with Crippen LogP contribution in [-0.4, -0.2) is 19.0 Å². The topological polar surface area (TPSA) is 0 Å². The molecule has 0 spiro atoms. The highest BCUT2D eigenvalue weighted by Crippen LogP contribution is 2.31. The van der Waals surface area contributed by atoms with Gasteiger partial charge in [0.05, 0.1) is 0 Å². The minimum Gasteiger partial charge on any atom is -0.0665 e. The first-order chi connectivity index (χ1) is 18.7. The minimum absolute atomic E-state index is 0.669. The third-order valence-electron chi connectivity index (χ3n) is 7.29. The molecule has 0 aliphatic carbocycles. The Labute approximate surface area is 228 Å². The highest BCUT2D eigenvalue weighted by molar-refractivity contribution is 6.80. The van der Waals surface area contributed by atoms with E-state index in [9.17, 15) is 0 Å². The highest BCUT2D eigenvalue weighted by Gasteiger charge is 2.21. The molecule has 0 bridgehead atoms. The fourth-order valence-electron chi connectivity index (χ4n) is 5.40. The van der Waals surface area contributed by atoms with E-state index in [-0.39, 0.29) is 0 Å². The Hall–Kier alpha value is -4.35. The van der Waals surface area contributed by atoms with E-state index in [1.807, 2.05) is 0 Å². The summed E-state index contributed by atoms with van der Waals surface area (Å²) >= 11 is 0.